The van der Waals surface area contributed by atoms with Gasteiger partial charge in [0.25, 0.3) is 0 Å². The fourth-order valence-electron chi connectivity index (χ4n) is 8.25. The van der Waals surface area contributed by atoms with Gasteiger partial charge >= 0.3 is 0 Å². The predicted molar refractivity (Wildman–Crippen MR) is 282 cm³/mol. The van der Waals surface area contributed by atoms with Gasteiger partial charge in [-0.25, -0.2) is 9.97 Å². The minimum absolute atomic E-state index is 0.793. The summed E-state index contributed by atoms with van der Waals surface area (Å²) in [5.74, 6) is 0. The maximum absolute atomic E-state index is 5.06. The fourth-order valence-corrected chi connectivity index (χ4v) is 8.25. The van der Waals surface area contributed by atoms with E-state index in [0.717, 1.165) is 101 Å². The lowest BCUT2D eigenvalue weighted by Crippen LogP contribution is -2.33. The molecule has 11 aromatic rings. The maximum Gasteiger partial charge on any atom is 0.239 e. The molecule has 0 fully saturated rings. The molecule has 0 amide bonds. The zero-order chi connectivity index (χ0) is 48.1. The molecular weight excluding hydrogens is 861 g/mol. The van der Waals surface area contributed by atoms with Crippen LogP contribution >= 0.6 is 0 Å². The number of benzene rings is 9. The highest BCUT2D eigenvalue weighted by molar-refractivity contribution is 5.87. The molecule has 10 nitrogen and oxygen atoms in total. The maximum atomic E-state index is 5.06. The van der Waals surface area contributed by atoms with Crippen LogP contribution in [0.2, 0.25) is 0 Å². The zero-order valence-corrected chi connectivity index (χ0v) is 39.9. The average Bonchev–Trinajstić information content (AvgIpc) is 3.37. The van der Waals surface area contributed by atoms with Crippen molar-refractivity contribution in [1.82, 2.24) is 9.97 Å². The van der Waals surface area contributed by atoms with Gasteiger partial charge in [0, 0.05) is 48.5 Å². The molecule has 0 bridgehead atoms. The van der Waals surface area contributed by atoms with E-state index < -0.39 is 0 Å². The number of hydrogen-bond acceptors (Lipinski definition) is 8. The number of azo groups is 3. The molecule has 0 aliphatic rings. The molecule has 70 heavy (non-hydrogen) atoms. The van der Waals surface area contributed by atoms with Crippen LogP contribution in [0.5, 0.6) is 0 Å². The first kappa shape index (κ1) is 44.8. The number of rotatable bonds is 8. The summed E-state index contributed by atoms with van der Waals surface area (Å²) in [5, 5.41) is 27.1. The first-order valence-corrected chi connectivity index (χ1v) is 23.2. The second-order valence-corrected chi connectivity index (χ2v) is 17.6. The van der Waals surface area contributed by atoms with Crippen LogP contribution in [0, 0.1) is 41.5 Å². The lowest BCUT2D eigenvalue weighted by atomic mass is 10.1. The Hall–Kier alpha value is -9.02. The molecular formula is C60H50N10+2. The molecule has 0 spiro atoms. The molecule has 2 heterocycles. The second-order valence-electron chi connectivity index (χ2n) is 17.6. The summed E-state index contributed by atoms with van der Waals surface area (Å²) in [7, 11) is 0. The van der Waals surface area contributed by atoms with Crippen LogP contribution in [-0.2, 0) is 0 Å². The summed E-state index contributed by atoms with van der Waals surface area (Å²) in [6.07, 6.45) is 0. The van der Waals surface area contributed by atoms with Gasteiger partial charge in [-0.2, -0.15) is 30.7 Å². The third kappa shape index (κ3) is 9.84. The Kier molecular flexibility index (Phi) is 12.6. The van der Waals surface area contributed by atoms with E-state index >= 15 is 0 Å². The molecule has 11 rings (SSSR count). The third-order valence-electron chi connectivity index (χ3n) is 12.1. The van der Waals surface area contributed by atoms with Crippen LogP contribution in [0.1, 0.15) is 33.4 Å². The zero-order valence-electron chi connectivity index (χ0n) is 39.9. The summed E-state index contributed by atoms with van der Waals surface area (Å²) in [4.78, 5) is 9.94. The highest BCUT2D eigenvalue weighted by Crippen LogP contribution is 2.32. The topological polar surface area (TPSA) is 108 Å². The fraction of sp³-hybridized carbons (Fsp3) is 0.100. The van der Waals surface area contributed by atoms with Crippen LogP contribution in [0.4, 0.5) is 34.1 Å². The van der Waals surface area contributed by atoms with Gasteiger partial charge in [-0.3, -0.25) is 0 Å². The van der Waals surface area contributed by atoms with Crippen LogP contribution in [-0.4, -0.2) is 9.97 Å². The van der Waals surface area contributed by atoms with Crippen LogP contribution in [0.15, 0.2) is 225 Å². The van der Waals surface area contributed by atoms with E-state index in [1.807, 2.05) is 123 Å². The van der Waals surface area contributed by atoms with E-state index in [1.54, 1.807) is 0 Å². The predicted octanol–water partition coefficient (Wildman–Crippen LogP) is 16.4. The van der Waals surface area contributed by atoms with E-state index in [9.17, 15) is 0 Å². The van der Waals surface area contributed by atoms with Crippen molar-refractivity contribution in [2.24, 2.45) is 30.7 Å². The van der Waals surface area contributed by atoms with E-state index in [-0.39, 0.29) is 0 Å². The number of aromatic nitrogens is 4. The van der Waals surface area contributed by atoms with Crippen LogP contribution in [0.3, 0.4) is 0 Å². The van der Waals surface area contributed by atoms with Crippen molar-refractivity contribution >= 4 is 78.3 Å². The monoisotopic (exact) mass is 910 g/mol. The van der Waals surface area contributed by atoms with Gasteiger partial charge in [0.1, 0.15) is 22.1 Å². The van der Waals surface area contributed by atoms with Crippen molar-refractivity contribution < 1.29 is 9.13 Å². The summed E-state index contributed by atoms with van der Waals surface area (Å²) in [6, 6.07) is 65.4. The normalized spacial score (nSPS) is 11.7. The van der Waals surface area contributed by atoms with Crippen molar-refractivity contribution in [3.8, 4) is 11.4 Å². The summed E-state index contributed by atoms with van der Waals surface area (Å²) >= 11 is 0. The lowest BCUT2D eigenvalue weighted by Gasteiger charge is -2.09. The second kappa shape index (κ2) is 19.7. The Labute approximate surface area is 406 Å². The van der Waals surface area contributed by atoms with Crippen LogP contribution < -0.4 is 9.13 Å². The molecule has 0 atom stereocenters. The van der Waals surface area contributed by atoms with Gasteiger partial charge in [-0.1, -0.05) is 95.6 Å². The van der Waals surface area contributed by atoms with Crippen molar-refractivity contribution in [2.45, 2.75) is 41.5 Å². The molecule has 338 valence electrons. The smallest absolute Gasteiger partial charge is 0.235 e. The Balaban J connectivity index is 0.000000169. The number of para-hydroxylation sites is 2. The Morgan fingerprint density at radius 1 is 0.286 bits per heavy atom. The first-order valence-electron chi connectivity index (χ1n) is 23.2. The number of fused-ring (bicyclic) bond motifs is 4. The minimum Gasteiger partial charge on any atom is -0.235 e. The summed E-state index contributed by atoms with van der Waals surface area (Å²) in [5.41, 5.74) is 21.4. The summed E-state index contributed by atoms with van der Waals surface area (Å²) < 4.78 is 4.46. The van der Waals surface area contributed by atoms with Gasteiger partial charge in [0.05, 0.1) is 34.1 Å². The molecule has 0 saturated carbocycles. The van der Waals surface area contributed by atoms with Gasteiger partial charge in [-0.05, 0) is 125 Å². The Bertz CT molecular complexity index is 3670. The number of hydrogen-bond donors (Lipinski definition) is 0. The Morgan fingerprint density at radius 3 is 1.09 bits per heavy atom. The third-order valence-corrected chi connectivity index (χ3v) is 12.1. The first-order chi connectivity index (χ1) is 34.1. The molecule has 0 radical (unpaired) electrons. The van der Waals surface area contributed by atoms with E-state index in [2.05, 4.69) is 152 Å². The number of nitrogens with zero attached hydrogens (tertiary/aromatic N) is 10. The van der Waals surface area contributed by atoms with Crippen molar-refractivity contribution in [2.75, 3.05) is 0 Å². The van der Waals surface area contributed by atoms with Crippen molar-refractivity contribution in [3.63, 3.8) is 0 Å². The molecule has 0 saturated heterocycles. The van der Waals surface area contributed by atoms with E-state index in [4.69, 9.17) is 9.97 Å². The highest BCUT2D eigenvalue weighted by atomic mass is 15.1. The SMILES string of the molecule is Cc1ccc(N=Nc2cc3c(cc2C)nc2cc(C)c(N=Nc4ccc(C)cc4)cc2[n+]3-c2ccccc2)cc1.Cc1ccc(N=Nc2ccc3nc4ccc(C)cc4[n+](-c4ccccc4)c3c2)cc1. The van der Waals surface area contributed by atoms with Crippen molar-refractivity contribution in [3.05, 3.63) is 228 Å². The molecule has 0 aliphatic carbocycles. The molecule has 0 aliphatic heterocycles. The number of aryl methyl sites for hydroxylation is 6. The van der Waals surface area contributed by atoms with Gasteiger partial charge in [0.15, 0.2) is 0 Å². The van der Waals surface area contributed by atoms with E-state index in [0.29, 0.717) is 0 Å². The van der Waals surface area contributed by atoms with Crippen LogP contribution in [0.25, 0.3) is 55.5 Å². The molecule has 0 N–H and O–H groups in total. The molecule has 9 aromatic carbocycles. The molecule has 0 unspecified atom stereocenters. The molecule has 2 aromatic heterocycles. The van der Waals surface area contributed by atoms with Gasteiger partial charge < -0.3 is 0 Å². The highest BCUT2D eigenvalue weighted by Gasteiger charge is 2.23. The van der Waals surface area contributed by atoms with Crippen molar-refractivity contribution in [1.29, 1.82) is 0 Å². The summed E-state index contributed by atoms with van der Waals surface area (Å²) in [6.45, 7) is 12.4. The van der Waals surface area contributed by atoms with Gasteiger partial charge in [0.2, 0.25) is 33.4 Å². The standard InChI is InChI=1S/C34H29N6.C26H21N4/c1-22-10-14-26(15-11-22)36-38-29-20-33-31(18-24(29)3)35-32-19-25(4)30(39-37-27-16-12-23(2)13-17-27)21-34(32)40(33)28-8-6-5-7-9-28;1-18-8-11-20(12-9-18)28-29-21-13-15-24-26(17-21)30(22-6-4-3-5-7-22)25-16-19(2)10-14-23(25)27-24/h5-21H,1-4H3;3-17H,1-2H3/q2*+1. The quantitative estimate of drug-likeness (QED) is 0.0860. The van der Waals surface area contributed by atoms with Gasteiger partial charge in [-0.15, -0.1) is 9.13 Å². The molecule has 10 heteroatoms. The Morgan fingerprint density at radius 2 is 0.629 bits per heavy atom. The lowest BCUT2D eigenvalue weighted by molar-refractivity contribution is -0.538. The average molecular weight is 911 g/mol. The largest absolute Gasteiger partial charge is 0.239 e. The van der Waals surface area contributed by atoms with E-state index in [1.165, 1.54) is 22.3 Å². The minimum atomic E-state index is 0.793.